The Kier molecular flexibility index (Phi) is 7.67. The minimum absolute atomic E-state index is 0.252. The molecule has 2 aromatic rings. The number of ketones is 1. The zero-order valence-electron chi connectivity index (χ0n) is 18.1. The average Bonchev–Trinajstić information content (AvgIpc) is 3.10. The minimum Gasteiger partial charge on any atom is -0.313 e. The number of Topliss-reactive ketones (excluding diaryl/α,β-unsaturated/α-hetero) is 1. The number of likely N-dealkylation sites (N-methyl/N-ethyl adjacent to an activating group) is 1. The Hall–Kier alpha value is -3.15. The third kappa shape index (κ3) is 5.55. The van der Waals surface area contributed by atoms with Crippen molar-refractivity contribution in [3.63, 3.8) is 0 Å². The number of fused-ring (bicyclic) bond motifs is 1. The third-order valence-electron chi connectivity index (χ3n) is 4.95. The van der Waals surface area contributed by atoms with Gasteiger partial charge in [0.2, 0.25) is 5.91 Å². The average molecular weight is 460 g/mol. The summed E-state index contributed by atoms with van der Waals surface area (Å²) in [6, 6.07) is 2.97. The summed E-state index contributed by atoms with van der Waals surface area (Å²) >= 11 is 1.34. The maximum Gasteiger partial charge on any atom is 0.256 e. The SMILES string of the molecule is CCN1CCc2c(sc(NC(=O)c3ccnc(NC(C)=O)c3)c2C(=O)CC(=O)NOC)C1. The van der Waals surface area contributed by atoms with Crippen LogP contribution in [0.2, 0.25) is 0 Å². The van der Waals surface area contributed by atoms with Crippen molar-refractivity contribution in [2.45, 2.75) is 33.2 Å². The second-order valence-electron chi connectivity index (χ2n) is 7.22. The van der Waals surface area contributed by atoms with E-state index in [0.29, 0.717) is 23.5 Å². The van der Waals surface area contributed by atoms with Crippen LogP contribution in [0.1, 0.15) is 51.4 Å². The van der Waals surface area contributed by atoms with Crippen molar-refractivity contribution < 1.29 is 24.0 Å². The number of hydrogen-bond donors (Lipinski definition) is 3. The number of rotatable bonds is 8. The van der Waals surface area contributed by atoms with Gasteiger partial charge in [-0.3, -0.25) is 28.9 Å². The lowest BCUT2D eigenvalue weighted by Crippen LogP contribution is -2.30. The van der Waals surface area contributed by atoms with Crippen molar-refractivity contribution >= 4 is 45.7 Å². The summed E-state index contributed by atoms with van der Waals surface area (Å²) < 4.78 is 0. The minimum atomic E-state index is -0.560. The highest BCUT2D eigenvalue weighted by atomic mass is 32.1. The largest absolute Gasteiger partial charge is 0.313 e. The molecule has 0 saturated heterocycles. The molecule has 1 aliphatic heterocycles. The molecule has 0 radical (unpaired) electrons. The summed E-state index contributed by atoms with van der Waals surface area (Å²) in [6.45, 7) is 5.77. The van der Waals surface area contributed by atoms with Gasteiger partial charge >= 0.3 is 0 Å². The van der Waals surface area contributed by atoms with Gasteiger partial charge in [-0.15, -0.1) is 11.3 Å². The van der Waals surface area contributed by atoms with Crippen LogP contribution in [0.3, 0.4) is 0 Å². The van der Waals surface area contributed by atoms with E-state index in [1.165, 1.54) is 43.7 Å². The highest BCUT2D eigenvalue weighted by Crippen LogP contribution is 2.38. The van der Waals surface area contributed by atoms with Gasteiger partial charge in [-0.2, -0.15) is 0 Å². The maximum atomic E-state index is 13.0. The summed E-state index contributed by atoms with van der Waals surface area (Å²) in [6.07, 6.45) is 1.68. The van der Waals surface area contributed by atoms with Crippen LogP contribution in [0.5, 0.6) is 0 Å². The molecule has 11 heteroatoms. The van der Waals surface area contributed by atoms with Crippen LogP contribution in [-0.2, 0) is 27.4 Å². The molecule has 1 aliphatic rings. The topological polar surface area (TPSA) is 130 Å². The Morgan fingerprint density at radius 1 is 1.25 bits per heavy atom. The number of amides is 3. The van der Waals surface area contributed by atoms with E-state index < -0.39 is 11.8 Å². The Bertz CT molecular complexity index is 1050. The van der Waals surface area contributed by atoms with Gasteiger partial charge < -0.3 is 10.6 Å². The van der Waals surface area contributed by atoms with E-state index in [9.17, 15) is 19.2 Å². The second kappa shape index (κ2) is 10.4. The fourth-order valence-electron chi connectivity index (χ4n) is 3.49. The van der Waals surface area contributed by atoms with Gasteiger partial charge in [-0.1, -0.05) is 6.92 Å². The number of thiophene rings is 1. The van der Waals surface area contributed by atoms with Gasteiger partial charge in [0, 0.05) is 36.7 Å². The molecule has 3 N–H and O–H groups in total. The van der Waals surface area contributed by atoms with E-state index in [1.807, 2.05) is 0 Å². The molecule has 3 amide bonds. The molecule has 0 saturated carbocycles. The van der Waals surface area contributed by atoms with Crippen molar-refractivity contribution in [3.8, 4) is 0 Å². The van der Waals surface area contributed by atoms with Gasteiger partial charge in [-0.05, 0) is 30.7 Å². The van der Waals surface area contributed by atoms with E-state index >= 15 is 0 Å². The van der Waals surface area contributed by atoms with Crippen LogP contribution < -0.4 is 16.1 Å². The highest BCUT2D eigenvalue weighted by molar-refractivity contribution is 7.17. The molecule has 0 unspecified atom stereocenters. The van der Waals surface area contributed by atoms with Crippen LogP contribution in [0.4, 0.5) is 10.8 Å². The van der Waals surface area contributed by atoms with Gasteiger partial charge in [0.1, 0.15) is 10.8 Å². The third-order valence-corrected chi connectivity index (χ3v) is 6.08. The molecule has 2 aromatic heterocycles. The normalized spacial score (nSPS) is 13.2. The number of hydroxylamine groups is 1. The number of nitrogens with one attached hydrogen (secondary N) is 3. The van der Waals surface area contributed by atoms with Gasteiger partial charge in [-0.25, -0.2) is 10.5 Å². The molecular formula is C21H25N5O5S. The van der Waals surface area contributed by atoms with Crippen molar-refractivity contribution in [1.82, 2.24) is 15.4 Å². The lowest BCUT2D eigenvalue weighted by molar-refractivity contribution is -0.130. The number of nitrogens with zero attached hydrogens (tertiary/aromatic N) is 2. The molecule has 170 valence electrons. The fourth-order valence-corrected chi connectivity index (χ4v) is 4.79. The molecule has 0 fully saturated rings. The molecular weight excluding hydrogens is 434 g/mol. The van der Waals surface area contributed by atoms with E-state index in [0.717, 1.165) is 23.5 Å². The van der Waals surface area contributed by atoms with Gasteiger partial charge in [0.05, 0.1) is 19.1 Å². The summed E-state index contributed by atoms with van der Waals surface area (Å²) in [7, 11) is 1.30. The number of pyridine rings is 1. The van der Waals surface area contributed by atoms with E-state index in [-0.39, 0.29) is 29.5 Å². The predicted molar refractivity (Wildman–Crippen MR) is 120 cm³/mol. The molecule has 3 rings (SSSR count). The van der Waals surface area contributed by atoms with Crippen molar-refractivity contribution in [2.24, 2.45) is 0 Å². The van der Waals surface area contributed by atoms with E-state index in [4.69, 9.17) is 0 Å². The second-order valence-corrected chi connectivity index (χ2v) is 8.33. The number of anilines is 2. The molecule has 0 aromatic carbocycles. The Balaban J connectivity index is 1.90. The maximum absolute atomic E-state index is 13.0. The van der Waals surface area contributed by atoms with Gasteiger partial charge in [0.15, 0.2) is 5.78 Å². The molecule has 0 bridgehead atoms. The summed E-state index contributed by atoms with van der Waals surface area (Å²) in [4.78, 5) is 60.9. The zero-order valence-corrected chi connectivity index (χ0v) is 18.9. The first kappa shape index (κ1) is 23.5. The molecule has 0 atom stereocenters. The van der Waals surface area contributed by atoms with Crippen molar-refractivity contribution in [1.29, 1.82) is 0 Å². The van der Waals surface area contributed by atoms with Crippen LogP contribution >= 0.6 is 11.3 Å². The van der Waals surface area contributed by atoms with Crippen molar-refractivity contribution in [2.75, 3.05) is 30.8 Å². The van der Waals surface area contributed by atoms with E-state index in [1.54, 1.807) is 0 Å². The van der Waals surface area contributed by atoms with Crippen LogP contribution in [0.15, 0.2) is 18.3 Å². The summed E-state index contributed by atoms with van der Waals surface area (Å²) in [5.74, 6) is -1.44. The monoisotopic (exact) mass is 459 g/mol. The number of aromatic nitrogens is 1. The Labute approximate surface area is 189 Å². The number of carbonyl (C=O) groups is 4. The Morgan fingerprint density at radius 3 is 2.72 bits per heavy atom. The summed E-state index contributed by atoms with van der Waals surface area (Å²) in [5, 5.41) is 5.76. The lowest BCUT2D eigenvalue weighted by atomic mass is 9.98. The lowest BCUT2D eigenvalue weighted by Gasteiger charge is -2.25. The first-order valence-electron chi connectivity index (χ1n) is 10.1. The first-order chi connectivity index (χ1) is 15.3. The molecule has 32 heavy (non-hydrogen) atoms. The molecule has 10 nitrogen and oxygen atoms in total. The van der Waals surface area contributed by atoms with Crippen LogP contribution in [0, 0.1) is 0 Å². The van der Waals surface area contributed by atoms with Crippen LogP contribution in [-0.4, -0.2) is 53.6 Å². The fraction of sp³-hybridized carbons (Fsp3) is 0.381. The zero-order chi connectivity index (χ0) is 23.3. The summed E-state index contributed by atoms with van der Waals surface area (Å²) in [5.41, 5.74) is 3.67. The molecule has 0 aliphatic carbocycles. The first-order valence-corrected chi connectivity index (χ1v) is 10.9. The van der Waals surface area contributed by atoms with Gasteiger partial charge in [0.25, 0.3) is 11.8 Å². The smallest absolute Gasteiger partial charge is 0.256 e. The number of carbonyl (C=O) groups excluding carboxylic acids is 4. The quantitative estimate of drug-likeness (QED) is 0.313. The Morgan fingerprint density at radius 2 is 2.03 bits per heavy atom. The highest BCUT2D eigenvalue weighted by Gasteiger charge is 2.29. The number of hydrogen-bond acceptors (Lipinski definition) is 8. The van der Waals surface area contributed by atoms with Crippen LogP contribution in [0.25, 0.3) is 0 Å². The standard InChI is InChI=1S/C21H25N5O5S/c1-4-26-8-6-14-16(11-26)32-21(19(14)15(28)10-18(29)25-31-3)24-20(30)13-5-7-22-17(9-13)23-12(2)27/h5,7,9H,4,6,8,10-11H2,1-3H3,(H,24,30)(H,25,29)(H,22,23,27). The molecule has 3 heterocycles. The van der Waals surface area contributed by atoms with Crippen molar-refractivity contribution in [3.05, 3.63) is 39.9 Å². The molecule has 0 spiro atoms. The van der Waals surface area contributed by atoms with E-state index in [2.05, 4.69) is 37.8 Å². The predicted octanol–water partition coefficient (Wildman–Crippen LogP) is 1.98.